The maximum Gasteiger partial charge on any atom is 0.144 e. The number of aliphatic hydroxyl groups excluding tert-OH is 1. The van der Waals surface area contributed by atoms with Crippen LogP contribution in [0.4, 0.5) is 0 Å². The van der Waals surface area contributed by atoms with Gasteiger partial charge in [-0.2, -0.15) is 0 Å². The Balaban J connectivity index is 2.72. The van der Waals surface area contributed by atoms with Gasteiger partial charge in [-0.25, -0.2) is 9.97 Å². The first-order chi connectivity index (χ1) is 6.74. The average molecular weight is 212 g/mol. The molecule has 0 atom stereocenters. The molecule has 0 aliphatic rings. The lowest BCUT2D eigenvalue weighted by molar-refractivity contribution is 0.300. The standard InChI is InChI=1S/C9H10ClN3O/c1-13-4-6(2-3-14)7-8(10)11-5-12-9(7)13/h4-5,14H,2-3H2,1H3. The minimum absolute atomic E-state index is 0.102. The summed E-state index contributed by atoms with van der Waals surface area (Å²) < 4.78 is 1.88. The van der Waals surface area contributed by atoms with Crippen LogP contribution in [0.15, 0.2) is 12.5 Å². The molecule has 2 rings (SSSR count). The largest absolute Gasteiger partial charge is 0.396 e. The number of halogens is 1. The molecule has 0 aliphatic heterocycles. The lowest BCUT2D eigenvalue weighted by atomic mass is 10.2. The fourth-order valence-electron chi connectivity index (χ4n) is 1.57. The molecule has 2 aromatic heterocycles. The van der Waals surface area contributed by atoms with Gasteiger partial charge in [0, 0.05) is 19.9 Å². The van der Waals surface area contributed by atoms with E-state index in [0.29, 0.717) is 11.6 Å². The molecule has 0 fully saturated rings. The summed E-state index contributed by atoms with van der Waals surface area (Å²) in [6.45, 7) is 0.102. The highest BCUT2D eigenvalue weighted by Crippen LogP contribution is 2.24. The number of fused-ring (bicyclic) bond motifs is 1. The van der Waals surface area contributed by atoms with Crippen molar-refractivity contribution in [3.8, 4) is 0 Å². The molecule has 0 saturated heterocycles. The van der Waals surface area contributed by atoms with Crippen molar-refractivity contribution in [1.29, 1.82) is 0 Å². The summed E-state index contributed by atoms with van der Waals surface area (Å²) in [5, 5.41) is 10.2. The highest BCUT2D eigenvalue weighted by Gasteiger charge is 2.10. The monoisotopic (exact) mass is 211 g/mol. The Morgan fingerprint density at radius 1 is 1.50 bits per heavy atom. The van der Waals surface area contributed by atoms with Gasteiger partial charge in [0.1, 0.15) is 17.1 Å². The summed E-state index contributed by atoms with van der Waals surface area (Å²) in [6, 6.07) is 0. The Kier molecular flexibility index (Phi) is 2.39. The zero-order chi connectivity index (χ0) is 10.1. The van der Waals surface area contributed by atoms with Gasteiger partial charge in [0.25, 0.3) is 0 Å². The van der Waals surface area contributed by atoms with Crippen molar-refractivity contribution in [2.24, 2.45) is 7.05 Å². The lowest BCUT2D eigenvalue weighted by Crippen LogP contribution is -1.90. The van der Waals surface area contributed by atoms with Crippen molar-refractivity contribution in [1.82, 2.24) is 14.5 Å². The van der Waals surface area contributed by atoms with Gasteiger partial charge in [-0.05, 0) is 12.0 Å². The smallest absolute Gasteiger partial charge is 0.144 e. The molecule has 0 unspecified atom stereocenters. The van der Waals surface area contributed by atoms with E-state index in [0.717, 1.165) is 16.6 Å². The average Bonchev–Trinajstić information content (AvgIpc) is 2.46. The van der Waals surface area contributed by atoms with Crippen LogP contribution in [0.2, 0.25) is 5.15 Å². The Hall–Kier alpha value is -1.13. The van der Waals surface area contributed by atoms with E-state index in [2.05, 4.69) is 9.97 Å². The Bertz CT molecular complexity index is 466. The van der Waals surface area contributed by atoms with Gasteiger partial charge in [-0.3, -0.25) is 0 Å². The van der Waals surface area contributed by atoms with Crippen LogP contribution in [-0.2, 0) is 13.5 Å². The zero-order valence-corrected chi connectivity index (χ0v) is 8.49. The normalized spacial score (nSPS) is 11.1. The third-order valence-electron chi connectivity index (χ3n) is 2.17. The summed E-state index contributed by atoms with van der Waals surface area (Å²) >= 11 is 5.97. The van der Waals surface area contributed by atoms with Crippen LogP contribution in [-0.4, -0.2) is 26.2 Å². The number of nitrogens with zero attached hydrogens (tertiary/aromatic N) is 3. The molecule has 2 aromatic rings. The van der Waals surface area contributed by atoms with Crippen LogP contribution in [0.3, 0.4) is 0 Å². The molecule has 2 heterocycles. The van der Waals surface area contributed by atoms with E-state index in [1.165, 1.54) is 6.33 Å². The summed E-state index contributed by atoms with van der Waals surface area (Å²) in [5.74, 6) is 0. The van der Waals surface area contributed by atoms with Gasteiger partial charge >= 0.3 is 0 Å². The second kappa shape index (κ2) is 3.55. The molecule has 1 N–H and O–H groups in total. The maximum atomic E-state index is 8.89. The third-order valence-corrected chi connectivity index (χ3v) is 2.45. The van der Waals surface area contributed by atoms with E-state index in [1.54, 1.807) is 0 Å². The van der Waals surface area contributed by atoms with Crippen molar-refractivity contribution in [2.75, 3.05) is 6.61 Å². The highest BCUT2D eigenvalue weighted by molar-refractivity contribution is 6.34. The van der Waals surface area contributed by atoms with Crippen LogP contribution in [0, 0.1) is 0 Å². The SMILES string of the molecule is Cn1cc(CCO)c2c(Cl)ncnc21. The molecule has 0 spiro atoms. The summed E-state index contributed by atoms with van der Waals surface area (Å²) in [4.78, 5) is 8.05. The van der Waals surface area contributed by atoms with Gasteiger partial charge in [0.2, 0.25) is 0 Å². The fraction of sp³-hybridized carbons (Fsp3) is 0.333. The van der Waals surface area contributed by atoms with Gasteiger partial charge in [-0.1, -0.05) is 11.6 Å². The molecular formula is C9H10ClN3O. The van der Waals surface area contributed by atoms with Crippen molar-refractivity contribution in [2.45, 2.75) is 6.42 Å². The van der Waals surface area contributed by atoms with Crippen molar-refractivity contribution >= 4 is 22.6 Å². The number of aromatic nitrogens is 3. The van der Waals surface area contributed by atoms with E-state index in [1.807, 2.05) is 17.8 Å². The molecular weight excluding hydrogens is 202 g/mol. The molecule has 74 valence electrons. The van der Waals surface area contributed by atoms with Crippen LogP contribution < -0.4 is 0 Å². The maximum absolute atomic E-state index is 8.89. The molecule has 4 nitrogen and oxygen atoms in total. The molecule has 0 aromatic carbocycles. The van der Waals surface area contributed by atoms with E-state index >= 15 is 0 Å². The van der Waals surface area contributed by atoms with E-state index in [4.69, 9.17) is 16.7 Å². The first kappa shape index (κ1) is 9.43. The second-order valence-electron chi connectivity index (χ2n) is 3.10. The molecule has 0 amide bonds. The van der Waals surface area contributed by atoms with Crippen molar-refractivity contribution in [3.05, 3.63) is 23.2 Å². The fourth-order valence-corrected chi connectivity index (χ4v) is 1.82. The Morgan fingerprint density at radius 2 is 2.29 bits per heavy atom. The highest BCUT2D eigenvalue weighted by atomic mass is 35.5. The molecule has 14 heavy (non-hydrogen) atoms. The topological polar surface area (TPSA) is 50.9 Å². The van der Waals surface area contributed by atoms with Crippen LogP contribution >= 0.6 is 11.6 Å². The third kappa shape index (κ3) is 1.36. The molecule has 0 bridgehead atoms. The Labute approximate surface area is 86.2 Å². The van der Waals surface area contributed by atoms with E-state index in [-0.39, 0.29) is 6.61 Å². The summed E-state index contributed by atoms with van der Waals surface area (Å²) in [5.41, 5.74) is 1.78. The number of aryl methyl sites for hydroxylation is 1. The van der Waals surface area contributed by atoms with Crippen molar-refractivity contribution < 1.29 is 5.11 Å². The van der Waals surface area contributed by atoms with Crippen LogP contribution in [0.5, 0.6) is 0 Å². The predicted molar refractivity (Wildman–Crippen MR) is 54.3 cm³/mol. The summed E-state index contributed by atoms with van der Waals surface area (Å²) in [6.07, 6.45) is 3.93. The minimum atomic E-state index is 0.102. The van der Waals surface area contributed by atoms with Crippen LogP contribution in [0.25, 0.3) is 11.0 Å². The van der Waals surface area contributed by atoms with Gasteiger partial charge in [0.05, 0.1) is 5.39 Å². The molecule has 5 heteroatoms. The second-order valence-corrected chi connectivity index (χ2v) is 3.46. The number of hydrogen-bond acceptors (Lipinski definition) is 3. The summed E-state index contributed by atoms with van der Waals surface area (Å²) in [7, 11) is 1.90. The van der Waals surface area contributed by atoms with Gasteiger partial charge < -0.3 is 9.67 Å². The first-order valence-electron chi connectivity index (χ1n) is 4.29. The molecule has 0 saturated carbocycles. The van der Waals surface area contributed by atoms with Gasteiger partial charge in [-0.15, -0.1) is 0 Å². The van der Waals surface area contributed by atoms with E-state index in [9.17, 15) is 0 Å². The van der Waals surface area contributed by atoms with Crippen molar-refractivity contribution in [3.63, 3.8) is 0 Å². The van der Waals surface area contributed by atoms with Crippen LogP contribution in [0.1, 0.15) is 5.56 Å². The molecule has 0 aliphatic carbocycles. The van der Waals surface area contributed by atoms with E-state index < -0.39 is 0 Å². The van der Waals surface area contributed by atoms with Gasteiger partial charge in [0.15, 0.2) is 0 Å². The zero-order valence-electron chi connectivity index (χ0n) is 7.74. The quantitative estimate of drug-likeness (QED) is 0.759. The Morgan fingerprint density at radius 3 is 3.00 bits per heavy atom. The number of aliphatic hydroxyl groups is 1. The minimum Gasteiger partial charge on any atom is -0.396 e. The first-order valence-corrected chi connectivity index (χ1v) is 4.67. The number of rotatable bonds is 2. The molecule has 0 radical (unpaired) electrons. The number of hydrogen-bond donors (Lipinski definition) is 1. The lowest BCUT2D eigenvalue weighted by Gasteiger charge is -1.96. The predicted octanol–water partition coefficient (Wildman–Crippen LogP) is 1.16.